The van der Waals surface area contributed by atoms with Crippen molar-refractivity contribution in [2.45, 2.75) is 117 Å². The summed E-state index contributed by atoms with van der Waals surface area (Å²) >= 11 is 0. The molecule has 2 N–H and O–H groups in total. The second kappa shape index (κ2) is 17.7. The van der Waals surface area contributed by atoms with E-state index in [9.17, 15) is 9.59 Å². The zero-order chi connectivity index (χ0) is 41.5. The Balaban J connectivity index is 0.000000240. The average Bonchev–Trinajstić information content (AvgIpc) is 3.94. The molecule has 5 aromatic heterocycles. The van der Waals surface area contributed by atoms with Gasteiger partial charge >= 0.3 is 0 Å². The molecule has 2 amide bonds. The van der Waals surface area contributed by atoms with Crippen molar-refractivity contribution in [1.29, 1.82) is 5.26 Å². The molecule has 11 heteroatoms. The maximum absolute atomic E-state index is 13.4. The molecule has 1 atom stereocenters. The van der Waals surface area contributed by atoms with Crippen molar-refractivity contribution in [2.24, 2.45) is 11.8 Å². The molecule has 0 spiro atoms. The molecule has 5 aromatic rings. The quantitative estimate of drug-likeness (QED) is 0.180. The molecule has 0 radical (unpaired) electrons. The summed E-state index contributed by atoms with van der Waals surface area (Å²) in [6, 6.07) is 14.0. The second-order valence-electron chi connectivity index (χ2n) is 18.3. The summed E-state index contributed by atoms with van der Waals surface area (Å²) in [5, 5.41) is 12.1. The number of nitriles is 1. The summed E-state index contributed by atoms with van der Waals surface area (Å²) in [6.45, 7) is 22.8. The minimum absolute atomic E-state index is 0.000545. The van der Waals surface area contributed by atoms with E-state index in [1.807, 2.05) is 37.6 Å². The number of hydrogen-bond acceptors (Lipinski definition) is 8. The van der Waals surface area contributed by atoms with Gasteiger partial charge in [-0.3, -0.25) is 24.5 Å². The highest BCUT2D eigenvalue weighted by atomic mass is 16.2. The lowest BCUT2D eigenvalue weighted by molar-refractivity contribution is -0.135. The zero-order valence-electron chi connectivity index (χ0n) is 35.3. The molecule has 57 heavy (non-hydrogen) atoms. The van der Waals surface area contributed by atoms with Crippen LogP contribution in [-0.4, -0.2) is 65.7 Å². The lowest BCUT2D eigenvalue weighted by Crippen LogP contribution is -2.51. The molecule has 11 nitrogen and oxygen atoms in total. The SMILES string of the molecule is CC(C)(C)c1ccnc(-c2cnc3[nH]cc(C(=O)N[C@@H](C(=O)N4CCC(C#N)CC4)C4CC4)c3n2)c1.CC(C)(C)c1ccncc1.Cc1cc(C(C)(C)C)ccn1. The Morgan fingerprint density at radius 3 is 1.89 bits per heavy atom. The third kappa shape index (κ3) is 11.5. The van der Waals surface area contributed by atoms with Gasteiger partial charge < -0.3 is 15.2 Å². The van der Waals surface area contributed by atoms with Crippen LogP contribution >= 0.6 is 0 Å². The lowest BCUT2D eigenvalue weighted by Gasteiger charge is -2.32. The van der Waals surface area contributed by atoms with Gasteiger partial charge in [0.05, 0.1) is 23.5 Å². The van der Waals surface area contributed by atoms with Crippen LogP contribution in [0.15, 0.2) is 73.6 Å². The normalized spacial score (nSPS) is 15.4. The zero-order valence-corrected chi connectivity index (χ0v) is 35.3. The maximum atomic E-state index is 13.4. The Morgan fingerprint density at radius 2 is 1.37 bits per heavy atom. The first-order chi connectivity index (χ1) is 26.8. The molecular formula is C46H59N9O2. The largest absolute Gasteiger partial charge is 0.344 e. The third-order valence-corrected chi connectivity index (χ3v) is 10.5. The van der Waals surface area contributed by atoms with Crippen LogP contribution in [0.2, 0.25) is 0 Å². The minimum atomic E-state index is -0.567. The van der Waals surface area contributed by atoms with Crippen LogP contribution in [-0.2, 0) is 21.0 Å². The smallest absolute Gasteiger partial charge is 0.255 e. The van der Waals surface area contributed by atoms with Gasteiger partial charge in [-0.25, -0.2) is 9.97 Å². The Labute approximate surface area is 338 Å². The van der Waals surface area contributed by atoms with Gasteiger partial charge in [0.2, 0.25) is 5.91 Å². The van der Waals surface area contributed by atoms with Gasteiger partial charge in [-0.05, 0) is 108 Å². The van der Waals surface area contributed by atoms with Gasteiger partial charge in [0.25, 0.3) is 5.91 Å². The van der Waals surface area contributed by atoms with Gasteiger partial charge in [0.15, 0.2) is 5.65 Å². The van der Waals surface area contributed by atoms with Crippen LogP contribution in [0.4, 0.5) is 0 Å². The fourth-order valence-corrected chi connectivity index (χ4v) is 6.54. The summed E-state index contributed by atoms with van der Waals surface area (Å²) in [4.78, 5) is 53.2. The standard InChI is InChI=1S/C27H31N7O2.C10H15N.C9H13N/c1-27(2,3)18-6-9-29-20(12-18)21-15-31-24-23(32-21)19(14-30-24)25(35)33-22(17-4-5-17)26(36)34-10-7-16(13-28)8-11-34;1-8-7-9(5-6-11-8)10(2,3)4;1-9(2,3)8-4-6-10-7-5-8/h6,9,12,14-17,22H,4-5,7-8,10-11H2,1-3H3,(H,30,31)(H,33,35);5-7H,1-4H3;4-7H,1-3H3/t22-;;/m1../s1. The van der Waals surface area contributed by atoms with E-state index in [2.05, 4.69) is 123 Å². The number of hydrogen-bond donors (Lipinski definition) is 2. The third-order valence-electron chi connectivity index (χ3n) is 10.5. The van der Waals surface area contributed by atoms with E-state index in [1.54, 1.807) is 23.5 Å². The molecule has 300 valence electrons. The van der Waals surface area contributed by atoms with Crippen molar-refractivity contribution in [3.05, 3.63) is 102 Å². The maximum Gasteiger partial charge on any atom is 0.255 e. The molecule has 2 aliphatic rings. The summed E-state index contributed by atoms with van der Waals surface area (Å²) < 4.78 is 0. The molecule has 2 fully saturated rings. The van der Waals surface area contributed by atoms with E-state index in [0.717, 1.165) is 24.1 Å². The summed E-state index contributed by atoms with van der Waals surface area (Å²) in [7, 11) is 0. The number of amides is 2. The molecule has 1 aliphatic carbocycles. The molecule has 1 saturated carbocycles. The van der Waals surface area contributed by atoms with Crippen LogP contribution in [0.3, 0.4) is 0 Å². The summed E-state index contributed by atoms with van der Waals surface area (Å²) in [5.74, 6) is -0.259. The fraction of sp³-hybridized carbons (Fsp3) is 0.478. The molecule has 0 unspecified atom stereocenters. The molecule has 6 heterocycles. The first-order valence-corrected chi connectivity index (χ1v) is 20.0. The van der Waals surface area contributed by atoms with Gasteiger partial charge in [0.1, 0.15) is 17.3 Å². The van der Waals surface area contributed by atoms with Crippen LogP contribution in [0.1, 0.15) is 121 Å². The predicted octanol–water partition coefficient (Wildman–Crippen LogP) is 8.65. The topological polar surface area (TPSA) is 153 Å². The number of carbonyl (C=O) groups is 2. The number of likely N-dealkylation sites (tertiary alicyclic amines) is 1. The van der Waals surface area contributed by atoms with Crippen LogP contribution in [0.25, 0.3) is 22.6 Å². The van der Waals surface area contributed by atoms with E-state index < -0.39 is 6.04 Å². The van der Waals surface area contributed by atoms with Crippen molar-refractivity contribution < 1.29 is 9.59 Å². The lowest BCUT2D eigenvalue weighted by atomic mass is 9.87. The number of aromatic nitrogens is 6. The predicted molar refractivity (Wildman–Crippen MR) is 225 cm³/mol. The van der Waals surface area contributed by atoms with Crippen molar-refractivity contribution in [3.8, 4) is 17.5 Å². The Kier molecular flexibility index (Phi) is 13.3. The van der Waals surface area contributed by atoms with Gasteiger partial charge in [-0.1, -0.05) is 62.3 Å². The van der Waals surface area contributed by atoms with E-state index in [4.69, 9.17) is 10.2 Å². The van der Waals surface area contributed by atoms with Crippen molar-refractivity contribution in [3.63, 3.8) is 0 Å². The molecule has 1 aliphatic heterocycles. The number of rotatable bonds is 5. The Hall–Kier alpha value is -5.50. The Morgan fingerprint density at radius 1 is 0.789 bits per heavy atom. The van der Waals surface area contributed by atoms with Crippen molar-refractivity contribution in [2.75, 3.05) is 13.1 Å². The number of nitrogens with zero attached hydrogens (tertiary/aromatic N) is 7. The molecule has 7 rings (SSSR count). The van der Waals surface area contributed by atoms with Crippen LogP contribution in [0, 0.1) is 30.1 Å². The number of fused-ring (bicyclic) bond motifs is 1. The number of nitrogens with one attached hydrogen (secondary N) is 2. The van der Waals surface area contributed by atoms with E-state index in [0.29, 0.717) is 54.0 Å². The highest BCUT2D eigenvalue weighted by Gasteiger charge is 2.40. The van der Waals surface area contributed by atoms with Crippen LogP contribution in [0.5, 0.6) is 0 Å². The second-order valence-corrected chi connectivity index (χ2v) is 18.3. The number of pyridine rings is 3. The Bertz CT molecular complexity index is 2170. The first kappa shape index (κ1) is 42.6. The van der Waals surface area contributed by atoms with E-state index in [1.165, 1.54) is 11.1 Å². The van der Waals surface area contributed by atoms with Crippen molar-refractivity contribution >= 4 is 23.0 Å². The molecule has 0 bridgehead atoms. The number of H-pyrrole nitrogens is 1. The van der Waals surface area contributed by atoms with Crippen LogP contribution < -0.4 is 5.32 Å². The molecule has 0 aromatic carbocycles. The van der Waals surface area contributed by atoms with Crippen molar-refractivity contribution in [1.82, 2.24) is 40.1 Å². The van der Waals surface area contributed by atoms with E-state index >= 15 is 0 Å². The molecular weight excluding hydrogens is 711 g/mol. The summed E-state index contributed by atoms with van der Waals surface area (Å²) in [6.07, 6.45) is 13.7. The molecule has 1 saturated heterocycles. The minimum Gasteiger partial charge on any atom is -0.344 e. The number of aryl methyl sites for hydroxylation is 1. The number of carbonyl (C=O) groups excluding carboxylic acids is 2. The highest BCUT2D eigenvalue weighted by Crippen LogP contribution is 2.35. The monoisotopic (exact) mass is 769 g/mol. The van der Waals surface area contributed by atoms with Gasteiger partial charge in [0, 0.05) is 55.7 Å². The van der Waals surface area contributed by atoms with E-state index in [-0.39, 0.29) is 39.9 Å². The van der Waals surface area contributed by atoms with Gasteiger partial charge in [-0.15, -0.1) is 0 Å². The highest BCUT2D eigenvalue weighted by molar-refractivity contribution is 6.06. The first-order valence-electron chi connectivity index (χ1n) is 20.0. The summed E-state index contributed by atoms with van der Waals surface area (Å²) in [5.41, 5.74) is 7.95. The average molecular weight is 770 g/mol. The number of piperidine rings is 1. The van der Waals surface area contributed by atoms with Gasteiger partial charge in [-0.2, -0.15) is 5.26 Å². The number of aromatic amines is 1. The fourth-order valence-electron chi connectivity index (χ4n) is 6.54.